The van der Waals surface area contributed by atoms with Gasteiger partial charge in [-0.15, -0.1) is 0 Å². The van der Waals surface area contributed by atoms with Gasteiger partial charge in [0.2, 0.25) is 5.95 Å². The van der Waals surface area contributed by atoms with Crippen molar-refractivity contribution in [3.05, 3.63) is 53.4 Å². The van der Waals surface area contributed by atoms with E-state index < -0.39 is 0 Å². The normalized spacial score (nSPS) is 14.9. The van der Waals surface area contributed by atoms with Crippen LogP contribution in [0, 0.1) is 5.41 Å². The molecular formula is C19H20ClFN6. The van der Waals surface area contributed by atoms with Crippen molar-refractivity contribution in [3.8, 4) is 11.3 Å². The Morgan fingerprint density at radius 2 is 2.15 bits per heavy atom. The van der Waals surface area contributed by atoms with E-state index in [9.17, 15) is 4.39 Å². The minimum atomic E-state index is -0.313. The van der Waals surface area contributed by atoms with E-state index in [0.717, 1.165) is 29.7 Å². The zero-order valence-corrected chi connectivity index (χ0v) is 15.5. The van der Waals surface area contributed by atoms with Gasteiger partial charge in [0, 0.05) is 36.0 Å². The quantitative estimate of drug-likeness (QED) is 0.642. The Kier molecular flexibility index (Phi) is 4.80. The first-order valence-corrected chi connectivity index (χ1v) is 9.16. The van der Waals surface area contributed by atoms with Crippen LogP contribution in [0.5, 0.6) is 0 Å². The first kappa shape index (κ1) is 17.9. The van der Waals surface area contributed by atoms with E-state index in [1.165, 1.54) is 0 Å². The second-order valence-corrected chi connectivity index (χ2v) is 7.39. The highest BCUT2D eigenvalue weighted by Gasteiger charge is 2.43. The molecule has 3 aromatic rings. The molecule has 1 aliphatic carbocycles. The molecular weight excluding hydrogens is 367 g/mol. The van der Waals surface area contributed by atoms with Crippen molar-refractivity contribution in [2.24, 2.45) is 11.1 Å². The highest BCUT2D eigenvalue weighted by molar-refractivity contribution is 6.32. The molecule has 0 aliphatic heterocycles. The van der Waals surface area contributed by atoms with E-state index in [4.69, 9.17) is 17.3 Å². The van der Waals surface area contributed by atoms with Gasteiger partial charge in [-0.1, -0.05) is 23.7 Å². The second-order valence-electron chi connectivity index (χ2n) is 6.98. The summed E-state index contributed by atoms with van der Waals surface area (Å²) in [6, 6.07) is 7.74. The number of anilines is 2. The number of benzene rings is 1. The lowest BCUT2D eigenvalue weighted by Gasteiger charge is -2.10. The van der Waals surface area contributed by atoms with Gasteiger partial charge in [0.1, 0.15) is 0 Å². The molecule has 0 bridgehead atoms. The molecule has 8 heteroatoms. The molecule has 1 aromatic carbocycles. The molecule has 27 heavy (non-hydrogen) atoms. The molecule has 0 atom stereocenters. The maximum Gasteiger partial charge on any atom is 0.227 e. The highest BCUT2D eigenvalue weighted by Crippen LogP contribution is 2.47. The number of aromatic nitrogens is 4. The fraction of sp³-hybridized carbons (Fsp3) is 0.316. The first-order chi connectivity index (χ1) is 13.1. The zero-order valence-electron chi connectivity index (χ0n) is 14.7. The predicted molar refractivity (Wildman–Crippen MR) is 104 cm³/mol. The van der Waals surface area contributed by atoms with Gasteiger partial charge in [0.15, 0.2) is 0 Å². The summed E-state index contributed by atoms with van der Waals surface area (Å²) in [4.78, 5) is 8.77. The Morgan fingerprint density at radius 1 is 1.30 bits per heavy atom. The van der Waals surface area contributed by atoms with Crippen molar-refractivity contribution < 1.29 is 4.39 Å². The van der Waals surface area contributed by atoms with Gasteiger partial charge in [0.25, 0.3) is 0 Å². The van der Waals surface area contributed by atoms with Gasteiger partial charge in [0.05, 0.1) is 29.8 Å². The van der Waals surface area contributed by atoms with Crippen LogP contribution >= 0.6 is 11.6 Å². The van der Waals surface area contributed by atoms with Crippen molar-refractivity contribution >= 4 is 23.2 Å². The summed E-state index contributed by atoms with van der Waals surface area (Å²) in [5, 5.41) is 7.94. The molecule has 140 valence electrons. The molecule has 2 heterocycles. The van der Waals surface area contributed by atoms with E-state index in [-0.39, 0.29) is 12.1 Å². The van der Waals surface area contributed by atoms with E-state index >= 15 is 0 Å². The standard InChI is InChI=1S/C19H20ClFN6/c20-16-9-23-18(25-15-3-1-2-13(6-15)7-22)26-17(16)14-8-24-27(10-14)12-19(11-21)4-5-19/h1-3,6,8-10H,4-5,7,11-12,22H2,(H,23,25,26). The predicted octanol–water partition coefficient (Wildman–Crippen LogP) is 3.95. The molecule has 0 unspecified atom stereocenters. The molecule has 4 rings (SSSR count). The third kappa shape index (κ3) is 3.94. The van der Waals surface area contributed by atoms with Gasteiger partial charge in [-0.25, -0.2) is 9.97 Å². The lowest BCUT2D eigenvalue weighted by Crippen LogP contribution is -2.13. The lowest BCUT2D eigenvalue weighted by atomic mass is 10.1. The third-order valence-electron chi connectivity index (χ3n) is 4.81. The van der Waals surface area contributed by atoms with E-state index in [2.05, 4.69) is 20.4 Å². The zero-order chi connectivity index (χ0) is 18.9. The monoisotopic (exact) mass is 386 g/mol. The van der Waals surface area contributed by atoms with Crippen molar-refractivity contribution in [1.82, 2.24) is 19.7 Å². The van der Waals surface area contributed by atoms with Crippen LogP contribution in [0.4, 0.5) is 16.0 Å². The van der Waals surface area contributed by atoms with Crippen LogP contribution in [0.2, 0.25) is 5.02 Å². The largest absolute Gasteiger partial charge is 0.326 e. The second kappa shape index (κ2) is 7.25. The Balaban J connectivity index is 1.56. The molecule has 1 saturated carbocycles. The summed E-state index contributed by atoms with van der Waals surface area (Å²) in [7, 11) is 0. The highest BCUT2D eigenvalue weighted by atomic mass is 35.5. The number of hydrogen-bond acceptors (Lipinski definition) is 5. The van der Waals surface area contributed by atoms with E-state index in [1.54, 1.807) is 17.1 Å². The third-order valence-corrected chi connectivity index (χ3v) is 5.08. The summed E-state index contributed by atoms with van der Waals surface area (Å²) in [5.74, 6) is 0.429. The summed E-state index contributed by atoms with van der Waals surface area (Å²) >= 11 is 6.30. The van der Waals surface area contributed by atoms with Crippen LogP contribution in [0.15, 0.2) is 42.9 Å². The van der Waals surface area contributed by atoms with Crippen molar-refractivity contribution in [3.63, 3.8) is 0 Å². The lowest BCUT2D eigenvalue weighted by molar-refractivity contribution is 0.294. The van der Waals surface area contributed by atoms with Crippen LogP contribution in [-0.2, 0) is 13.1 Å². The number of nitrogens with one attached hydrogen (secondary N) is 1. The molecule has 1 fully saturated rings. The molecule has 0 spiro atoms. The SMILES string of the molecule is NCc1cccc(Nc2ncc(Cl)c(-c3cnn(CC4(CF)CC4)c3)n2)c1. The van der Waals surface area contributed by atoms with Crippen LogP contribution < -0.4 is 11.1 Å². The van der Waals surface area contributed by atoms with Crippen molar-refractivity contribution in [1.29, 1.82) is 0 Å². The summed E-state index contributed by atoms with van der Waals surface area (Å²) in [6.45, 7) is 0.720. The van der Waals surface area contributed by atoms with Crippen molar-refractivity contribution in [2.75, 3.05) is 12.0 Å². The Hall–Kier alpha value is -2.51. The summed E-state index contributed by atoms with van der Waals surface area (Å²) < 4.78 is 14.9. The van der Waals surface area contributed by atoms with Crippen LogP contribution in [0.1, 0.15) is 18.4 Å². The number of alkyl halides is 1. The maximum atomic E-state index is 13.1. The number of hydrogen-bond donors (Lipinski definition) is 2. The summed E-state index contributed by atoms with van der Waals surface area (Å²) in [5.41, 5.74) is 8.66. The molecule has 2 aromatic heterocycles. The topological polar surface area (TPSA) is 81.6 Å². The average molecular weight is 387 g/mol. The minimum absolute atomic E-state index is 0.237. The molecule has 3 N–H and O–H groups in total. The van der Waals surface area contributed by atoms with E-state index in [0.29, 0.717) is 29.8 Å². The average Bonchev–Trinajstić information content (AvgIpc) is 3.31. The number of nitrogens with two attached hydrogens (primary N) is 1. The van der Waals surface area contributed by atoms with Gasteiger partial charge in [-0.2, -0.15) is 5.10 Å². The Labute approximate surface area is 161 Å². The van der Waals surface area contributed by atoms with Gasteiger partial charge < -0.3 is 11.1 Å². The molecule has 0 amide bonds. The van der Waals surface area contributed by atoms with E-state index in [1.807, 2.05) is 30.5 Å². The number of rotatable bonds is 7. The fourth-order valence-electron chi connectivity index (χ4n) is 2.96. The van der Waals surface area contributed by atoms with Crippen LogP contribution in [0.3, 0.4) is 0 Å². The molecule has 0 saturated heterocycles. The van der Waals surface area contributed by atoms with Crippen LogP contribution in [-0.4, -0.2) is 26.4 Å². The van der Waals surface area contributed by atoms with Crippen molar-refractivity contribution in [2.45, 2.75) is 25.9 Å². The molecule has 6 nitrogen and oxygen atoms in total. The maximum absolute atomic E-state index is 13.1. The number of nitrogens with zero attached hydrogens (tertiary/aromatic N) is 4. The fourth-order valence-corrected chi connectivity index (χ4v) is 3.16. The minimum Gasteiger partial charge on any atom is -0.326 e. The molecule has 1 aliphatic rings. The Morgan fingerprint density at radius 3 is 2.89 bits per heavy atom. The number of halogens is 2. The Bertz CT molecular complexity index is 953. The van der Waals surface area contributed by atoms with Gasteiger partial charge in [-0.05, 0) is 30.5 Å². The smallest absolute Gasteiger partial charge is 0.227 e. The van der Waals surface area contributed by atoms with Gasteiger partial charge in [-0.3, -0.25) is 9.07 Å². The molecule has 0 radical (unpaired) electrons. The summed E-state index contributed by atoms with van der Waals surface area (Å²) in [6.07, 6.45) is 6.91. The van der Waals surface area contributed by atoms with Gasteiger partial charge >= 0.3 is 0 Å². The van der Waals surface area contributed by atoms with Crippen LogP contribution in [0.25, 0.3) is 11.3 Å². The first-order valence-electron chi connectivity index (χ1n) is 8.78.